The maximum Gasteiger partial charge on any atom is 0.112 e. The number of hydrogen-bond donors (Lipinski definition) is 1. The van der Waals surface area contributed by atoms with Crippen LogP contribution in [0.2, 0.25) is 0 Å². The average molecular weight is 240 g/mol. The maximum absolute atomic E-state index is 9.09. The first-order chi connectivity index (χ1) is 4.88. The van der Waals surface area contributed by atoms with Gasteiger partial charge in [-0.3, -0.25) is 0 Å². The van der Waals surface area contributed by atoms with E-state index in [1.165, 1.54) is 0 Å². The van der Waals surface area contributed by atoms with Crippen molar-refractivity contribution in [2.45, 2.75) is 26.3 Å². The van der Waals surface area contributed by atoms with Gasteiger partial charge in [-0.05, 0) is 5.92 Å². The third-order valence-corrected chi connectivity index (χ3v) is 2.05. The van der Waals surface area contributed by atoms with E-state index in [-0.39, 0.29) is 17.0 Å². The molecule has 1 atom stereocenters. The van der Waals surface area contributed by atoms with Crippen molar-refractivity contribution in [3.05, 3.63) is 0 Å². The fourth-order valence-corrected chi connectivity index (χ4v) is 1.18. The van der Waals surface area contributed by atoms with Crippen molar-refractivity contribution in [1.82, 2.24) is 0 Å². The minimum absolute atomic E-state index is 0. The first-order valence-corrected chi connectivity index (χ1v) is 4.30. The van der Waals surface area contributed by atoms with Gasteiger partial charge in [-0.25, -0.2) is 0 Å². The monoisotopic (exact) mass is 239 g/mol. The summed E-state index contributed by atoms with van der Waals surface area (Å²) in [6.07, 6.45) is 1.10. The van der Waals surface area contributed by atoms with Crippen LogP contribution in [-0.2, 0) is 0 Å². The Morgan fingerprint density at radius 2 is 1.58 bits per heavy atom. The summed E-state index contributed by atoms with van der Waals surface area (Å²) in [5.41, 5.74) is 0. The smallest absolute Gasteiger partial charge is 0.112 e. The molecule has 2 nitrogen and oxygen atoms in total. The van der Waals surface area contributed by atoms with E-state index in [4.69, 9.17) is 5.11 Å². The number of quaternary nitrogens is 1. The molecule has 0 saturated heterocycles. The van der Waals surface area contributed by atoms with Crippen LogP contribution in [-0.4, -0.2) is 43.4 Å². The lowest BCUT2D eigenvalue weighted by Gasteiger charge is -2.33. The summed E-state index contributed by atoms with van der Waals surface area (Å²) in [7, 11) is 6.38. The highest BCUT2D eigenvalue weighted by Crippen LogP contribution is 2.12. The molecule has 0 aliphatic rings. The van der Waals surface area contributed by atoms with Crippen molar-refractivity contribution in [1.29, 1.82) is 0 Å². The van der Waals surface area contributed by atoms with Crippen molar-refractivity contribution in [2.24, 2.45) is 5.92 Å². The zero-order valence-electron chi connectivity index (χ0n) is 8.84. The molecule has 0 unspecified atom stereocenters. The predicted octanol–water partition coefficient (Wildman–Crippen LogP) is -1.90. The highest BCUT2D eigenvalue weighted by Gasteiger charge is 2.23. The van der Waals surface area contributed by atoms with Crippen LogP contribution in [0.3, 0.4) is 0 Å². The zero-order chi connectivity index (χ0) is 9.07. The van der Waals surface area contributed by atoms with E-state index in [1.807, 2.05) is 0 Å². The number of halogens is 1. The number of aliphatic hydroxyl groups excluding tert-OH is 1. The highest BCUT2D eigenvalue weighted by atomic mass is 79.9. The number of likely N-dealkylation sites (N-methyl/N-ethyl adjacent to an activating group) is 1. The summed E-state index contributed by atoms with van der Waals surface area (Å²) in [5, 5.41) is 9.09. The molecule has 0 bridgehead atoms. The minimum atomic E-state index is 0. The Hall–Kier alpha value is 0.400. The molecule has 0 aliphatic heterocycles. The number of aliphatic hydroxyl groups is 1. The summed E-state index contributed by atoms with van der Waals surface area (Å²) < 4.78 is 0.856. The van der Waals surface area contributed by atoms with Crippen LogP contribution >= 0.6 is 0 Å². The van der Waals surface area contributed by atoms with Gasteiger partial charge >= 0.3 is 0 Å². The second-order valence-corrected chi connectivity index (χ2v) is 4.58. The first-order valence-electron chi connectivity index (χ1n) is 4.30. The van der Waals surface area contributed by atoms with Crippen molar-refractivity contribution >= 4 is 0 Å². The van der Waals surface area contributed by atoms with Crippen LogP contribution in [0.25, 0.3) is 0 Å². The van der Waals surface area contributed by atoms with Crippen LogP contribution in [0.1, 0.15) is 20.3 Å². The third kappa shape index (κ3) is 5.98. The molecule has 0 aromatic carbocycles. The van der Waals surface area contributed by atoms with Crippen molar-refractivity contribution < 1.29 is 26.6 Å². The molecule has 0 aromatic rings. The topological polar surface area (TPSA) is 20.2 Å². The Labute approximate surface area is 86.9 Å². The van der Waals surface area contributed by atoms with Crippen molar-refractivity contribution in [2.75, 3.05) is 27.7 Å². The molecular weight excluding hydrogens is 218 g/mol. The molecule has 3 heteroatoms. The molecular formula is C9H22BrNO. The van der Waals surface area contributed by atoms with E-state index in [0.29, 0.717) is 18.6 Å². The van der Waals surface area contributed by atoms with Gasteiger partial charge in [-0.2, -0.15) is 0 Å². The zero-order valence-corrected chi connectivity index (χ0v) is 10.4. The standard InChI is InChI=1S/C9H22NO.BrH/c1-8(2)6-9(7-11)10(3,4)5;/h8-9,11H,6-7H2,1-5H3;1H/q+1;/p-1/t9-;/m0./s1. The van der Waals surface area contributed by atoms with Crippen LogP contribution in [0.15, 0.2) is 0 Å². The van der Waals surface area contributed by atoms with E-state index in [2.05, 4.69) is 35.0 Å². The van der Waals surface area contributed by atoms with Crippen LogP contribution in [0, 0.1) is 5.92 Å². The van der Waals surface area contributed by atoms with Gasteiger partial charge in [0.15, 0.2) is 0 Å². The van der Waals surface area contributed by atoms with E-state index >= 15 is 0 Å². The average Bonchev–Trinajstić information content (AvgIpc) is 1.79. The number of rotatable bonds is 4. The quantitative estimate of drug-likeness (QED) is 0.569. The molecule has 0 radical (unpaired) electrons. The minimum Gasteiger partial charge on any atom is -1.00 e. The van der Waals surface area contributed by atoms with Gasteiger partial charge in [0.05, 0.1) is 27.7 Å². The Bertz CT molecular complexity index is 110. The van der Waals surface area contributed by atoms with Gasteiger partial charge in [0, 0.05) is 6.42 Å². The predicted molar refractivity (Wildman–Crippen MR) is 48.4 cm³/mol. The molecule has 0 amide bonds. The summed E-state index contributed by atoms with van der Waals surface area (Å²) >= 11 is 0. The van der Waals surface area contributed by atoms with Crippen LogP contribution < -0.4 is 17.0 Å². The normalized spacial score (nSPS) is 14.2. The van der Waals surface area contributed by atoms with Crippen molar-refractivity contribution in [3.63, 3.8) is 0 Å². The molecule has 12 heavy (non-hydrogen) atoms. The molecule has 0 saturated carbocycles. The second-order valence-electron chi connectivity index (χ2n) is 4.58. The lowest BCUT2D eigenvalue weighted by atomic mass is 10.0. The Kier molecular flexibility index (Phi) is 7.38. The molecule has 76 valence electrons. The molecule has 0 fully saturated rings. The van der Waals surface area contributed by atoms with E-state index < -0.39 is 0 Å². The van der Waals surface area contributed by atoms with Gasteiger partial charge in [-0.15, -0.1) is 0 Å². The van der Waals surface area contributed by atoms with Gasteiger partial charge in [0.25, 0.3) is 0 Å². The summed E-state index contributed by atoms with van der Waals surface area (Å²) in [5.74, 6) is 0.671. The second kappa shape index (κ2) is 5.95. The summed E-state index contributed by atoms with van der Waals surface area (Å²) in [4.78, 5) is 0. The van der Waals surface area contributed by atoms with Gasteiger partial charge in [0.2, 0.25) is 0 Å². The lowest BCUT2D eigenvalue weighted by Crippen LogP contribution is -3.00. The molecule has 0 aromatic heterocycles. The lowest BCUT2D eigenvalue weighted by molar-refractivity contribution is -0.897. The third-order valence-electron chi connectivity index (χ3n) is 2.05. The summed E-state index contributed by atoms with van der Waals surface area (Å²) in [6, 6.07) is 0.384. The van der Waals surface area contributed by atoms with Crippen LogP contribution in [0.5, 0.6) is 0 Å². The first kappa shape index (κ1) is 14.9. The van der Waals surface area contributed by atoms with Gasteiger partial charge in [-0.1, -0.05) is 13.8 Å². The fourth-order valence-electron chi connectivity index (χ4n) is 1.18. The van der Waals surface area contributed by atoms with E-state index in [1.54, 1.807) is 0 Å². The largest absolute Gasteiger partial charge is 1.00 e. The Balaban J connectivity index is 0. The van der Waals surface area contributed by atoms with E-state index in [0.717, 1.165) is 10.9 Å². The van der Waals surface area contributed by atoms with Gasteiger partial charge in [0.1, 0.15) is 6.04 Å². The Morgan fingerprint density at radius 1 is 1.17 bits per heavy atom. The molecule has 0 aliphatic carbocycles. The van der Waals surface area contributed by atoms with E-state index in [9.17, 15) is 0 Å². The van der Waals surface area contributed by atoms with Gasteiger partial charge < -0.3 is 26.6 Å². The SMILES string of the molecule is CC(C)C[C@@H](CO)[N+](C)(C)C.[Br-]. The highest BCUT2D eigenvalue weighted by molar-refractivity contribution is 4.58. The number of nitrogens with zero attached hydrogens (tertiary/aromatic N) is 1. The number of hydrogen-bond acceptors (Lipinski definition) is 1. The van der Waals surface area contributed by atoms with Crippen LogP contribution in [0.4, 0.5) is 0 Å². The van der Waals surface area contributed by atoms with Crippen molar-refractivity contribution in [3.8, 4) is 0 Å². The maximum atomic E-state index is 9.09. The molecule has 0 spiro atoms. The fraction of sp³-hybridized carbons (Fsp3) is 1.00. The summed E-state index contributed by atoms with van der Waals surface area (Å²) in [6.45, 7) is 4.68. The molecule has 0 heterocycles. The molecule has 0 rings (SSSR count). The molecule has 1 N–H and O–H groups in total. The Morgan fingerprint density at radius 3 is 1.67 bits per heavy atom.